The Kier molecular flexibility index (Phi) is 5.63. The van der Waals surface area contributed by atoms with Crippen molar-refractivity contribution in [1.29, 1.82) is 0 Å². The molecule has 2 aromatic rings. The zero-order valence-corrected chi connectivity index (χ0v) is 14.3. The Morgan fingerprint density at radius 2 is 2.23 bits per heavy atom. The van der Waals surface area contributed by atoms with E-state index in [1.165, 1.54) is 6.21 Å². The standard InChI is InChI=1S/C15H14BrClN2O3/c1-9-7-11(17)3-5-13(9)21-10(2)15(20)19-18-8-12-4-6-14(16)22-12/h3-8,10H,1-2H3,(H,19,20)/b18-8-. The van der Waals surface area contributed by atoms with Gasteiger partial charge in [0.2, 0.25) is 0 Å². The fraction of sp³-hybridized carbons (Fsp3) is 0.200. The van der Waals surface area contributed by atoms with Crippen LogP contribution in [-0.2, 0) is 4.79 Å². The first-order valence-corrected chi connectivity index (χ1v) is 7.64. The van der Waals surface area contributed by atoms with Gasteiger partial charge in [0, 0.05) is 5.02 Å². The van der Waals surface area contributed by atoms with E-state index in [0.29, 0.717) is 21.2 Å². The molecular formula is C15H14BrClN2O3. The molecular weight excluding hydrogens is 372 g/mol. The molecule has 1 aromatic heterocycles. The lowest BCUT2D eigenvalue weighted by molar-refractivity contribution is -0.127. The number of hydrogen-bond donors (Lipinski definition) is 1. The molecule has 1 amide bonds. The second kappa shape index (κ2) is 7.47. The smallest absolute Gasteiger partial charge is 0.280 e. The summed E-state index contributed by atoms with van der Waals surface area (Å²) in [6.07, 6.45) is 0.712. The minimum absolute atomic E-state index is 0.365. The summed E-state index contributed by atoms with van der Waals surface area (Å²) < 4.78 is 11.4. The molecule has 1 aromatic carbocycles. The van der Waals surface area contributed by atoms with E-state index in [2.05, 4.69) is 26.5 Å². The molecule has 0 radical (unpaired) electrons. The lowest BCUT2D eigenvalue weighted by Crippen LogP contribution is -2.33. The lowest BCUT2D eigenvalue weighted by Gasteiger charge is -2.14. The first-order valence-electron chi connectivity index (χ1n) is 6.47. The molecule has 0 aliphatic carbocycles. The number of amides is 1. The number of carbonyl (C=O) groups is 1. The number of aryl methyl sites for hydroxylation is 1. The van der Waals surface area contributed by atoms with Crippen molar-refractivity contribution in [3.63, 3.8) is 0 Å². The molecule has 0 aliphatic rings. The van der Waals surface area contributed by atoms with E-state index in [9.17, 15) is 4.79 Å². The van der Waals surface area contributed by atoms with Crippen molar-refractivity contribution >= 4 is 39.7 Å². The number of hydrogen-bond acceptors (Lipinski definition) is 4. The van der Waals surface area contributed by atoms with Crippen LogP contribution < -0.4 is 10.2 Å². The molecule has 0 fully saturated rings. The highest BCUT2D eigenvalue weighted by molar-refractivity contribution is 9.10. The van der Waals surface area contributed by atoms with Crippen LogP contribution in [0.3, 0.4) is 0 Å². The normalized spacial score (nSPS) is 12.4. The van der Waals surface area contributed by atoms with Crippen LogP contribution in [0, 0.1) is 6.92 Å². The van der Waals surface area contributed by atoms with Crippen molar-refractivity contribution in [2.24, 2.45) is 5.10 Å². The number of halogens is 2. The van der Waals surface area contributed by atoms with Crippen LogP contribution >= 0.6 is 27.5 Å². The van der Waals surface area contributed by atoms with E-state index in [4.69, 9.17) is 20.8 Å². The van der Waals surface area contributed by atoms with Gasteiger partial charge in [-0.1, -0.05) is 11.6 Å². The molecule has 5 nitrogen and oxygen atoms in total. The van der Waals surface area contributed by atoms with Crippen LogP contribution in [0.15, 0.2) is 44.5 Å². The fourth-order valence-electron chi connectivity index (χ4n) is 1.64. The van der Waals surface area contributed by atoms with Gasteiger partial charge in [-0.25, -0.2) is 5.43 Å². The zero-order valence-electron chi connectivity index (χ0n) is 12.0. The molecule has 22 heavy (non-hydrogen) atoms. The topological polar surface area (TPSA) is 63.8 Å². The maximum absolute atomic E-state index is 11.9. The monoisotopic (exact) mass is 384 g/mol. The largest absolute Gasteiger partial charge is 0.481 e. The van der Waals surface area contributed by atoms with Gasteiger partial charge in [0.05, 0.1) is 6.21 Å². The molecule has 1 N–H and O–H groups in total. The van der Waals surface area contributed by atoms with Crippen LogP contribution in [0.5, 0.6) is 5.75 Å². The van der Waals surface area contributed by atoms with E-state index in [1.54, 1.807) is 37.3 Å². The summed E-state index contributed by atoms with van der Waals surface area (Å²) in [4.78, 5) is 11.9. The molecule has 0 saturated carbocycles. The van der Waals surface area contributed by atoms with Crippen LogP contribution in [-0.4, -0.2) is 18.2 Å². The van der Waals surface area contributed by atoms with Gasteiger partial charge in [0.1, 0.15) is 11.5 Å². The van der Waals surface area contributed by atoms with E-state index in [0.717, 1.165) is 5.56 Å². The summed E-state index contributed by atoms with van der Waals surface area (Å²) in [5, 5.41) is 4.44. The molecule has 1 atom stereocenters. The highest BCUT2D eigenvalue weighted by Crippen LogP contribution is 2.22. The van der Waals surface area contributed by atoms with Gasteiger partial charge >= 0.3 is 0 Å². The molecule has 116 valence electrons. The van der Waals surface area contributed by atoms with Crippen LogP contribution in [0.25, 0.3) is 0 Å². The summed E-state index contributed by atoms with van der Waals surface area (Å²) >= 11 is 9.06. The van der Waals surface area contributed by atoms with Gasteiger partial charge in [0.15, 0.2) is 10.8 Å². The van der Waals surface area contributed by atoms with Crippen LogP contribution in [0.1, 0.15) is 18.2 Å². The third kappa shape index (κ3) is 4.61. The Morgan fingerprint density at radius 3 is 2.86 bits per heavy atom. The first kappa shape index (κ1) is 16.6. The van der Waals surface area contributed by atoms with Gasteiger partial charge < -0.3 is 9.15 Å². The Labute approximate surface area is 141 Å². The third-order valence-electron chi connectivity index (χ3n) is 2.77. The second-order valence-corrected chi connectivity index (χ2v) is 5.76. The predicted molar refractivity (Wildman–Crippen MR) is 88.4 cm³/mol. The summed E-state index contributed by atoms with van der Waals surface area (Å²) in [5.41, 5.74) is 3.25. The van der Waals surface area contributed by atoms with Crippen molar-refractivity contribution in [3.8, 4) is 5.75 Å². The van der Waals surface area contributed by atoms with Crippen molar-refractivity contribution in [2.45, 2.75) is 20.0 Å². The summed E-state index contributed by atoms with van der Waals surface area (Å²) in [6, 6.07) is 8.66. The van der Waals surface area contributed by atoms with E-state index in [1.807, 2.05) is 6.92 Å². The number of rotatable bonds is 5. The maximum atomic E-state index is 11.9. The highest BCUT2D eigenvalue weighted by atomic mass is 79.9. The fourth-order valence-corrected chi connectivity index (χ4v) is 2.18. The third-order valence-corrected chi connectivity index (χ3v) is 3.43. The molecule has 0 bridgehead atoms. The predicted octanol–water partition coefficient (Wildman–Crippen LogP) is 3.92. The van der Waals surface area contributed by atoms with Gasteiger partial charge in [-0.3, -0.25) is 4.79 Å². The van der Waals surface area contributed by atoms with Crippen molar-refractivity contribution in [3.05, 3.63) is 51.3 Å². The summed E-state index contributed by atoms with van der Waals surface area (Å²) in [5.74, 6) is 0.761. The zero-order chi connectivity index (χ0) is 16.1. The molecule has 2 rings (SSSR count). The van der Waals surface area contributed by atoms with Gasteiger partial charge in [-0.05, 0) is 65.7 Å². The van der Waals surface area contributed by atoms with Crippen molar-refractivity contribution in [1.82, 2.24) is 5.43 Å². The lowest BCUT2D eigenvalue weighted by atomic mass is 10.2. The Hall–Kier alpha value is -1.79. The molecule has 0 aliphatic heterocycles. The number of benzene rings is 1. The average molecular weight is 386 g/mol. The Bertz CT molecular complexity index is 700. The summed E-state index contributed by atoms with van der Waals surface area (Å²) in [7, 11) is 0. The number of ether oxygens (including phenoxy) is 1. The molecule has 0 saturated heterocycles. The second-order valence-electron chi connectivity index (χ2n) is 4.55. The molecule has 7 heteroatoms. The maximum Gasteiger partial charge on any atom is 0.280 e. The van der Waals surface area contributed by atoms with E-state index >= 15 is 0 Å². The average Bonchev–Trinajstić information content (AvgIpc) is 2.87. The molecule has 1 heterocycles. The number of nitrogens with one attached hydrogen (secondary N) is 1. The number of carbonyl (C=O) groups excluding carboxylic acids is 1. The number of furan rings is 1. The number of hydrazone groups is 1. The quantitative estimate of drug-likeness (QED) is 0.627. The van der Waals surface area contributed by atoms with Gasteiger partial charge in [0.25, 0.3) is 5.91 Å². The van der Waals surface area contributed by atoms with Gasteiger partial charge in [-0.15, -0.1) is 0 Å². The minimum atomic E-state index is -0.694. The number of nitrogens with zero attached hydrogens (tertiary/aromatic N) is 1. The summed E-state index contributed by atoms with van der Waals surface area (Å²) in [6.45, 7) is 3.50. The van der Waals surface area contributed by atoms with Gasteiger partial charge in [-0.2, -0.15) is 5.10 Å². The van der Waals surface area contributed by atoms with E-state index < -0.39 is 6.10 Å². The van der Waals surface area contributed by atoms with E-state index in [-0.39, 0.29) is 5.91 Å². The van der Waals surface area contributed by atoms with Crippen molar-refractivity contribution in [2.75, 3.05) is 0 Å². The highest BCUT2D eigenvalue weighted by Gasteiger charge is 2.15. The molecule has 0 spiro atoms. The minimum Gasteiger partial charge on any atom is -0.481 e. The van der Waals surface area contributed by atoms with Crippen LogP contribution in [0.2, 0.25) is 5.02 Å². The first-order chi connectivity index (χ1) is 10.5. The van der Waals surface area contributed by atoms with Crippen LogP contribution in [0.4, 0.5) is 0 Å². The Morgan fingerprint density at radius 1 is 1.45 bits per heavy atom. The molecule has 1 unspecified atom stereocenters. The SMILES string of the molecule is Cc1cc(Cl)ccc1OC(C)C(=O)N/N=C\c1ccc(Br)o1. The Balaban J connectivity index is 1.90. The van der Waals surface area contributed by atoms with Crippen molar-refractivity contribution < 1.29 is 13.9 Å².